The average Bonchev–Trinajstić information content (AvgIpc) is 3.31. The van der Waals surface area contributed by atoms with Gasteiger partial charge in [0, 0.05) is 6.54 Å². The number of nitrogens with one attached hydrogen (secondary N) is 1. The first-order chi connectivity index (χ1) is 33.5. The molecular formula is C45H91NO22. The topological polar surface area (TPSA) is 234 Å². The molecule has 0 aliphatic heterocycles. The lowest BCUT2D eigenvalue weighted by Crippen LogP contribution is -2.34. The minimum Gasteiger partial charge on any atom is -0.444 e. The minimum atomic E-state index is -0.519. The van der Waals surface area contributed by atoms with E-state index in [1.165, 1.54) is 0 Å². The predicted octanol–water partition coefficient (Wildman–Crippen LogP) is 0.819. The quantitative estimate of drug-likeness (QED) is 0.0803. The summed E-state index contributed by atoms with van der Waals surface area (Å²) in [5.74, 6) is 0. The number of carbonyl (C=O) groups is 1. The average molecular weight is 998 g/mol. The second kappa shape index (κ2) is 58.0. The maximum absolute atomic E-state index is 11.5. The third-order valence-electron chi connectivity index (χ3n) is 7.85. The van der Waals surface area contributed by atoms with Crippen LogP contribution in [0.1, 0.15) is 20.8 Å². The van der Waals surface area contributed by atoms with E-state index < -0.39 is 11.7 Å². The number of ether oxygens (including phenoxy) is 20. The van der Waals surface area contributed by atoms with Gasteiger partial charge in [0.2, 0.25) is 0 Å². The van der Waals surface area contributed by atoms with Crippen LogP contribution in [0, 0.1) is 0 Å². The molecular weight excluding hydrogens is 906 g/mol. The molecule has 68 heavy (non-hydrogen) atoms. The zero-order valence-corrected chi connectivity index (χ0v) is 41.8. The van der Waals surface area contributed by atoms with Gasteiger partial charge in [0.25, 0.3) is 0 Å². The molecule has 0 radical (unpaired) electrons. The summed E-state index contributed by atoms with van der Waals surface area (Å²) in [5.41, 5.74) is -0.519. The monoisotopic (exact) mass is 998 g/mol. The van der Waals surface area contributed by atoms with Crippen LogP contribution in [0.4, 0.5) is 4.79 Å². The van der Waals surface area contributed by atoms with E-state index in [-0.39, 0.29) is 6.61 Å². The van der Waals surface area contributed by atoms with E-state index in [0.717, 1.165) is 0 Å². The number of aliphatic hydroxyl groups is 1. The number of aliphatic hydroxyl groups excluding tert-OH is 1. The third-order valence-corrected chi connectivity index (χ3v) is 7.85. The molecule has 0 aromatic heterocycles. The molecule has 0 spiro atoms. The molecule has 0 heterocycles. The van der Waals surface area contributed by atoms with Gasteiger partial charge in [-0.3, -0.25) is 0 Å². The van der Waals surface area contributed by atoms with E-state index in [1.807, 2.05) is 20.8 Å². The normalized spacial score (nSPS) is 11.8. The van der Waals surface area contributed by atoms with Crippen LogP contribution in [0.25, 0.3) is 0 Å². The molecule has 0 fully saturated rings. The van der Waals surface area contributed by atoms with Gasteiger partial charge in [-0.1, -0.05) is 0 Å². The standard InChI is InChI=1S/C45H91NO22/c1-45(2,3)68-44(48)46-4-6-49-8-10-51-12-14-53-16-18-55-20-22-57-24-26-59-28-30-61-32-34-63-36-38-65-40-42-67-43-41-66-39-37-64-35-33-62-31-29-60-27-25-58-23-21-56-19-17-54-15-13-52-11-9-50-7-5-47/h47H,4-43H2,1-3H3,(H,46,48). The highest BCUT2D eigenvalue weighted by atomic mass is 16.6. The molecule has 0 bridgehead atoms. The molecule has 0 saturated heterocycles. The van der Waals surface area contributed by atoms with E-state index in [1.54, 1.807) is 0 Å². The highest BCUT2D eigenvalue weighted by Crippen LogP contribution is 2.06. The summed E-state index contributed by atoms with van der Waals surface area (Å²) in [5, 5.41) is 11.2. The SMILES string of the molecule is CC(C)(C)OC(=O)NCCOCCOCCOCCOCCOCCOCCOCCOCCOCCOCCOCCOCCOCCOCCOCCOCCOCCOCCOCCO. The lowest BCUT2D eigenvalue weighted by atomic mass is 10.2. The first-order valence-corrected chi connectivity index (χ1v) is 24.0. The van der Waals surface area contributed by atoms with Crippen LogP contribution in [-0.2, 0) is 94.7 Å². The lowest BCUT2D eigenvalue weighted by molar-refractivity contribution is -0.0313. The fourth-order valence-corrected chi connectivity index (χ4v) is 4.66. The van der Waals surface area contributed by atoms with E-state index in [2.05, 4.69) is 5.32 Å². The number of hydrogen-bond acceptors (Lipinski definition) is 22. The summed E-state index contributed by atoms with van der Waals surface area (Å²) < 4.78 is 109. The Labute approximate surface area is 406 Å². The van der Waals surface area contributed by atoms with Crippen LogP contribution >= 0.6 is 0 Å². The number of carbonyl (C=O) groups excluding carboxylic acids is 1. The maximum Gasteiger partial charge on any atom is 0.407 e. The van der Waals surface area contributed by atoms with Crippen molar-refractivity contribution in [3.63, 3.8) is 0 Å². The van der Waals surface area contributed by atoms with E-state index in [4.69, 9.17) is 99.8 Å². The largest absolute Gasteiger partial charge is 0.444 e. The van der Waals surface area contributed by atoms with Crippen molar-refractivity contribution in [3.8, 4) is 0 Å². The molecule has 23 nitrogen and oxygen atoms in total. The second-order valence-corrected chi connectivity index (χ2v) is 14.8. The maximum atomic E-state index is 11.5. The number of amides is 1. The summed E-state index contributed by atoms with van der Waals surface area (Å²) in [6, 6.07) is 0. The smallest absolute Gasteiger partial charge is 0.407 e. The zero-order valence-electron chi connectivity index (χ0n) is 41.8. The van der Waals surface area contributed by atoms with Gasteiger partial charge >= 0.3 is 6.09 Å². The summed E-state index contributed by atoms with van der Waals surface area (Å²) in [4.78, 5) is 11.5. The highest BCUT2D eigenvalue weighted by Gasteiger charge is 2.15. The fourth-order valence-electron chi connectivity index (χ4n) is 4.66. The van der Waals surface area contributed by atoms with Gasteiger partial charge in [0.1, 0.15) is 5.60 Å². The molecule has 0 aliphatic rings. The molecule has 0 unspecified atom stereocenters. The Morgan fingerprint density at radius 2 is 0.426 bits per heavy atom. The van der Waals surface area contributed by atoms with Gasteiger partial charge in [0.15, 0.2) is 0 Å². The molecule has 0 aromatic carbocycles. The first-order valence-electron chi connectivity index (χ1n) is 24.0. The predicted molar refractivity (Wildman–Crippen MR) is 247 cm³/mol. The van der Waals surface area contributed by atoms with Gasteiger partial charge < -0.3 is 105 Å². The van der Waals surface area contributed by atoms with Crippen molar-refractivity contribution in [1.82, 2.24) is 5.32 Å². The molecule has 23 heteroatoms. The Morgan fingerprint density at radius 1 is 0.279 bits per heavy atom. The Bertz CT molecular complexity index is 959. The van der Waals surface area contributed by atoms with Gasteiger partial charge in [-0.05, 0) is 20.8 Å². The van der Waals surface area contributed by atoms with Crippen LogP contribution in [0.5, 0.6) is 0 Å². The molecule has 1 amide bonds. The van der Waals surface area contributed by atoms with E-state index >= 15 is 0 Å². The van der Waals surface area contributed by atoms with Gasteiger partial charge in [-0.2, -0.15) is 0 Å². The molecule has 0 aliphatic carbocycles. The zero-order chi connectivity index (χ0) is 49.2. The second-order valence-electron chi connectivity index (χ2n) is 14.8. The molecule has 0 saturated carbocycles. The van der Waals surface area contributed by atoms with Crippen LogP contribution in [0.3, 0.4) is 0 Å². The van der Waals surface area contributed by atoms with Crippen molar-refractivity contribution in [2.24, 2.45) is 0 Å². The van der Waals surface area contributed by atoms with E-state index in [9.17, 15) is 4.79 Å². The van der Waals surface area contributed by atoms with Crippen molar-refractivity contribution in [2.45, 2.75) is 26.4 Å². The van der Waals surface area contributed by atoms with Crippen molar-refractivity contribution in [1.29, 1.82) is 0 Å². The molecule has 2 N–H and O–H groups in total. The third kappa shape index (κ3) is 62.5. The number of hydrogen-bond donors (Lipinski definition) is 2. The summed E-state index contributed by atoms with van der Waals surface area (Å²) in [6.07, 6.45) is -0.457. The van der Waals surface area contributed by atoms with Crippen molar-refractivity contribution in [2.75, 3.05) is 264 Å². The number of rotatable bonds is 59. The molecule has 0 rings (SSSR count). The van der Waals surface area contributed by atoms with Crippen LogP contribution in [0.15, 0.2) is 0 Å². The van der Waals surface area contributed by atoms with Crippen LogP contribution in [-0.4, -0.2) is 281 Å². The number of alkyl carbamates (subject to hydrolysis) is 1. The van der Waals surface area contributed by atoms with Crippen LogP contribution < -0.4 is 5.32 Å². The Morgan fingerprint density at radius 3 is 0.574 bits per heavy atom. The fraction of sp³-hybridized carbons (Fsp3) is 0.978. The van der Waals surface area contributed by atoms with Crippen molar-refractivity contribution in [3.05, 3.63) is 0 Å². The summed E-state index contributed by atoms with van der Waals surface area (Å²) in [7, 11) is 0. The summed E-state index contributed by atoms with van der Waals surface area (Å²) >= 11 is 0. The minimum absolute atomic E-state index is 0.0183. The van der Waals surface area contributed by atoms with Gasteiger partial charge in [-0.25, -0.2) is 4.79 Å². The summed E-state index contributed by atoms with van der Waals surface area (Å²) in [6.45, 7) is 23.9. The van der Waals surface area contributed by atoms with Crippen molar-refractivity contribution < 1.29 is 105 Å². The molecule has 0 aromatic rings. The van der Waals surface area contributed by atoms with Gasteiger partial charge in [0.05, 0.1) is 258 Å². The Balaban J connectivity index is 3.09. The molecule has 408 valence electrons. The lowest BCUT2D eigenvalue weighted by Gasteiger charge is -2.19. The van der Waals surface area contributed by atoms with Gasteiger partial charge in [-0.15, -0.1) is 0 Å². The Hall–Kier alpha value is -1.53. The van der Waals surface area contributed by atoms with Crippen LogP contribution in [0.2, 0.25) is 0 Å². The Kier molecular flexibility index (Phi) is 56.7. The molecule has 0 atom stereocenters. The van der Waals surface area contributed by atoms with Crippen molar-refractivity contribution >= 4 is 6.09 Å². The van der Waals surface area contributed by atoms with E-state index in [0.29, 0.717) is 258 Å². The highest BCUT2D eigenvalue weighted by molar-refractivity contribution is 5.67. The first kappa shape index (κ1) is 66.5.